The lowest BCUT2D eigenvalue weighted by Crippen LogP contribution is -2.49. The topological polar surface area (TPSA) is 75.7 Å². The van der Waals surface area contributed by atoms with Crippen molar-refractivity contribution in [3.05, 3.63) is 0 Å². The summed E-state index contributed by atoms with van der Waals surface area (Å²) in [6, 6.07) is -0.900. The number of carbonyl (C=O) groups excluding carboxylic acids is 3. The van der Waals surface area contributed by atoms with Crippen LogP contribution in [0.25, 0.3) is 0 Å². The molecule has 0 bridgehead atoms. The number of amides is 3. The second-order valence-electron chi connectivity index (χ2n) is 3.94. The van der Waals surface area contributed by atoms with E-state index in [1.807, 2.05) is 0 Å². The first kappa shape index (κ1) is 16.7. The molecule has 0 aromatic carbocycles. The summed E-state index contributed by atoms with van der Waals surface area (Å²) in [6.45, 7) is 6.62. The number of imide groups is 1. The van der Waals surface area contributed by atoms with E-state index in [2.05, 4.69) is 5.32 Å². The number of halogens is 1. The van der Waals surface area contributed by atoms with Gasteiger partial charge in [0.1, 0.15) is 11.9 Å². The molecule has 0 aromatic heterocycles. The Morgan fingerprint density at radius 1 is 1.28 bits per heavy atom. The van der Waals surface area contributed by atoms with Crippen molar-refractivity contribution in [1.29, 1.82) is 0 Å². The third-order valence-corrected chi connectivity index (χ3v) is 2.28. The summed E-state index contributed by atoms with van der Waals surface area (Å²) >= 11 is 5.54. The van der Waals surface area contributed by atoms with Crippen LogP contribution in [0.4, 0.5) is 4.79 Å². The third-order valence-electron chi connectivity index (χ3n) is 2.08. The number of alkyl halides is 1. The van der Waals surface area contributed by atoms with Gasteiger partial charge in [-0.2, -0.15) is 0 Å². The molecule has 7 heteroatoms. The highest BCUT2D eigenvalue weighted by atomic mass is 35.5. The fourth-order valence-electron chi connectivity index (χ4n) is 1.11. The molecule has 0 saturated heterocycles. The van der Waals surface area contributed by atoms with E-state index in [1.54, 1.807) is 20.8 Å². The molecule has 1 unspecified atom stereocenters. The van der Waals surface area contributed by atoms with Crippen molar-refractivity contribution in [2.75, 3.05) is 13.2 Å². The molecule has 3 amide bonds. The first-order valence-corrected chi connectivity index (χ1v) is 6.14. The van der Waals surface area contributed by atoms with Crippen LogP contribution in [0.15, 0.2) is 0 Å². The summed E-state index contributed by atoms with van der Waals surface area (Å²) in [4.78, 5) is 35.6. The number of rotatable bonds is 5. The van der Waals surface area contributed by atoms with Crippen molar-refractivity contribution >= 4 is 29.5 Å². The number of nitrogens with zero attached hydrogens (tertiary/aromatic N) is 1. The first-order chi connectivity index (χ1) is 8.29. The van der Waals surface area contributed by atoms with Gasteiger partial charge in [-0.3, -0.25) is 14.9 Å². The predicted molar refractivity (Wildman–Crippen MR) is 67.3 cm³/mol. The Kier molecular flexibility index (Phi) is 7.35. The third kappa shape index (κ3) is 5.86. The zero-order valence-corrected chi connectivity index (χ0v) is 11.8. The van der Waals surface area contributed by atoms with Crippen LogP contribution in [0.5, 0.6) is 0 Å². The van der Waals surface area contributed by atoms with Crippen LogP contribution >= 0.6 is 11.6 Å². The molecule has 0 radical (unpaired) electrons. The van der Waals surface area contributed by atoms with E-state index in [0.29, 0.717) is 0 Å². The molecule has 104 valence electrons. The lowest BCUT2D eigenvalue weighted by atomic mass is 10.3. The Hall–Kier alpha value is -1.30. The highest BCUT2D eigenvalue weighted by molar-refractivity contribution is 6.31. The van der Waals surface area contributed by atoms with Gasteiger partial charge in [-0.15, -0.1) is 11.6 Å². The number of hydrogen-bond donors (Lipinski definition) is 1. The van der Waals surface area contributed by atoms with Crippen LogP contribution in [-0.4, -0.2) is 47.4 Å². The van der Waals surface area contributed by atoms with E-state index < -0.39 is 23.3 Å². The zero-order chi connectivity index (χ0) is 14.3. The van der Waals surface area contributed by atoms with Gasteiger partial charge in [-0.1, -0.05) is 0 Å². The molecule has 18 heavy (non-hydrogen) atoms. The maximum Gasteiger partial charge on any atom is 0.325 e. The van der Waals surface area contributed by atoms with Crippen molar-refractivity contribution in [3.63, 3.8) is 0 Å². The van der Waals surface area contributed by atoms with Crippen LogP contribution in [0.3, 0.4) is 0 Å². The molecule has 0 saturated carbocycles. The highest BCUT2D eigenvalue weighted by Gasteiger charge is 2.23. The minimum absolute atomic E-state index is 0.207. The molecule has 1 N–H and O–H groups in total. The van der Waals surface area contributed by atoms with Gasteiger partial charge in [0.2, 0.25) is 5.91 Å². The van der Waals surface area contributed by atoms with Gasteiger partial charge in [-0.05, 0) is 27.7 Å². The van der Waals surface area contributed by atoms with E-state index in [0.717, 1.165) is 0 Å². The van der Waals surface area contributed by atoms with Gasteiger partial charge in [0, 0.05) is 6.04 Å². The summed E-state index contributed by atoms with van der Waals surface area (Å²) in [5.74, 6) is -1.12. The standard InChI is InChI=1S/C11H19ClN2O4/c1-5-18-9(15)6-14(7(2)3)11(17)13-10(16)8(4)12/h7-8H,5-6H2,1-4H3,(H,13,16,17). The van der Waals surface area contributed by atoms with E-state index in [1.165, 1.54) is 11.8 Å². The van der Waals surface area contributed by atoms with E-state index >= 15 is 0 Å². The van der Waals surface area contributed by atoms with Crippen LogP contribution in [0.2, 0.25) is 0 Å². The van der Waals surface area contributed by atoms with Crippen molar-refractivity contribution < 1.29 is 19.1 Å². The lowest BCUT2D eigenvalue weighted by Gasteiger charge is -2.25. The molecular formula is C11H19ClN2O4. The number of carbonyl (C=O) groups is 3. The molecule has 0 aliphatic rings. The minimum Gasteiger partial charge on any atom is -0.465 e. The number of hydrogen-bond acceptors (Lipinski definition) is 4. The SMILES string of the molecule is CCOC(=O)CN(C(=O)NC(=O)C(C)Cl)C(C)C. The largest absolute Gasteiger partial charge is 0.465 e. The normalized spacial score (nSPS) is 11.9. The molecule has 1 atom stereocenters. The Labute approximate surface area is 112 Å². The average molecular weight is 279 g/mol. The number of ether oxygens (including phenoxy) is 1. The maximum absolute atomic E-state index is 11.8. The average Bonchev–Trinajstić information content (AvgIpc) is 2.25. The molecule has 0 aromatic rings. The lowest BCUT2D eigenvalue weighted by molar-refractivity contribution is -0.144. The fourth-order valence-corrected chi connectivity index (χ4v) is 1.17. The summed E-state index contributed by atoms with van der Waals surface area (Å²) in [6.07, 6.45) is 0. The van der Waals surface area contributed by atoms with Crippen LogP contribution < -0.4 is 5.32 Å². The first-order valence-electron chi connectivity index (χ1n) is 5.70. The Bertz CT molecular complexity index is 318. The van der Waals surface area contributed by atoms with Gasteiger partial charge in [-0.25, -0.2) is 4.79 Å². The van der Waals surface area contributed by atoms with Gasteiger partial charge < -0.3 is 9.64 Å². The second kappa shape index (κ2) is 7.92. The Balaban J connectivity index is 4.55. The molecule has 0 heterocycles. The van der Waals surface area contributed by atoms with Crippen molar-refractivity contribution in [3.8, 4) is 0 Å². The smallest absolute Gasteiger partial charge is 0.325 e. The maximum atomic E-state index is 11.8. The Morgan fingerprint density at radius 2 is 1.83 bits per heavy atom. The quantitative estimate of drug-likeness (QED) is 0.604. The molecule has 0 rings (SSSR count). The fraction of sp³-hybridized carbons (Fsp3) is 0.727. The highest BCUT2D eigenvalue weighted by Crippen LogP contribution is 2.01. The molecule has 0 fully saturated rings. The van der Waals surface area contributed by atoms with Crippen molar-refractivity contribution in [1.82, 2.24) is 10.2 Å². The molecule has 0 aliphatic heterocycles. The van der Waals surface area contributed by atoms with Crippen LogP contribution in [0.1, 0.15) is 27.7 Å². The second-order valence-corrected chi connectivity index (χ2v) is 4.59. The monoisotopic (exact) mass is 278 g/mol. The van der Waals surface area contributed by atoms with Gasteiger partial charge in [0.05, 0.1) is 6.61 Å². The number of esters is 1. The summed E-state index contributed by atoms with van der Waals surface area (Å²) < 4.78 is 4.75. The number of urea groups is 1. The van der Waals surface area contributed by atoms with Gasteiger partial charge in [0.15, 0.2) is 0 Å². The summed E-state index contributed by atoms with van der Waals surface area (Å²) in [5.41, 5.74) is 0. The van der Waals surface area contributed by atoms with E-state index in [-0.39, 0.29) is 19.2 Å². The Morgan fingerprint density at radius 3 is 2.22 bits per heavy atom. The summed E-state index contributed by atoms with van der Waals surface area (Å²) in [7, 11) is 0. The summed E-state index contributed by atoms with van der Waals surface area (Å²) in [5, 5.41) is 1.30. The molecule has 6 nitrogen and oxygen atoms in total. The van der Waals surface area contributed by atoms with Crippen LogP contribution in [-0.2, 0) is 14.3 Å². The molecule has 0 spiro atoms. The predicted octanol–water partition coefficient (Wildman–Crippen LogP) is 1.12. The van der Waals surface area contributed by atoms with Crippen molar-refractivity contribution in [2.45, 2.75) is 39.1 Å². The molecule has 0 aliphatic carbocycles. The van der Waals surface area contributed by atoms with Gasteiger partial charge in [0.25, 0.3) is 0 Å². The minimum atomic E-state index is -0.814. The van der Waals surface area contributed by atoms with Gasteiger partial charge >= 0.3 is 12.0 Å². The van der Waals surface area contributed by atoms with E-state index in [4.69, 9.17) is 16.3 Å². The molecular weight excluding hydrogens is 260 g/mol. The van der Waals surface area contributed by atoms with Crippen molar-refractivity contribution in [2.24, 2.45) is 0 Å². The number of nitrogens with one attached hydrogen (secondary N) is 1. The zero-order valence-electron chi connectivity index (χ0n) is 11.0. The van der Waals surface area contributed by atoms with Crippen LogP contribution in [0, 0.1) is 0 Å². The van der Waals surface area contributed by atoms with E-state index in [9.17, 15) is 14.4 Å².